The fourth-order valence-corrected chi connectivity index (χ4v) is 5.49. The van der Waals surface area contributed by atoms with Gasteiger partial charge in [0.2, 0.25) is 5.79 Å². The standard InChI is InChI=1S/C32H44O7/c1-23-28(34)20-32(35-3,39-29(23)16-10-11-18-36-21-25-12-6-4-7-13-25)31(30-24(2)27(33)17-19-37-30)38-22-26-14-8-5-9-15-26/h4-9,12-15,17,19,23-24,27-31,33-34H,10-11,16,18,20-22H2,1-3H3/t23-,24-,27+,28+,29-,30-,31+,32-/m1/s1. The van der Waals surface area contributed by atoms with Crippen LogP contribution < -0.4 is 0 Å². The van der Waals surface area contributed by atoms with Crippen LogP contribution in [0.3, 0.4) is 0 Å². The highest BCUT2D eigenvalue weighted by atomic mass is 16.7. The minimum Gasteiger partial charge on any atom is -0.495 e. The molecule has 0 saturated carbocycles. The first-order chi connectivity index (χ1) is 18.9. The number of benzene rings is 2. The lowest BCUT2D eigenvalue weighted by Crippen LogP contribution is -2.63. The second kappa shape index (κ2) is 14.4. The third kappa shape index (κ3) is 7.69. The van der Waals surface area contributed by atoms with Gasteiger partial charge in [-0.25, -0.2) is 0 Å². The van der Waals surface area contributed by atoms with E-state index in [1.807, 2.05) is 62.4 Å². The van der Waals surface area contributed by atoms with Gasteiger partial charge in [-0.05, 0) is 36.5 Å². The Morgan fingerprint density at radius 2 is 1.59 bits per heavy atom. The van der Waals surface area contributed by atoms with E-state index in [1.54, 1.807) is 13.2 Å². The average molecular weight is 541 g/mol. The van der Waals surface area contributed by atoms with Crippen LogP contribution >= 0.6 is 0 Å². The highest BCUT2D eigenvalue weighted by molar-refractivity contribution is 5.14. The van der Waals surface area contributed by atoms with Gasteiger partial charge in [0.1, 0.15) is 12.2 Å². The first kappa shape index (κ1) is 29.7. The SMILES string of the molecule is CO[C@]1([C@@H](OCc2ccccc2)[C@@H]2OC=C[C@H](O)[C@H]2C)C[C@H](O)[C@@H](C)[C@@H](CCCCOCc2ccccc2)O1. The van der Waals surface area contributed by atoms with Gasteiger partial charge in [-0.2, -0.15) is 0 Å². The smallest absolute Gasteiger partial charge is 0.200 e. The number of hydrogen-bond acceptors (Lipinski definition) is 7. The lowest BCUT2D eigenvalue weighted by molar-refractivity contribution is -0.356. The predicted octanol–water partition coefficient (Wildman–Crippen LogP) is 5.00. The molecule has 4 rings (SSSR count). The van der Waals surface area contributed by atoms with E-state index in [1.165, 1.54) is 6.26 Å². The molecule has 2 aliphatic rings. The molecule has 2 aromatic rings. The lowest BCUT2D eigenvalue weighted by atomic mass is 9.80. The number of unbranched alkanes of at least 4 members (excludes halogenated alkanes) is 1. The molecule has 0 aromatic heterocycles. The predicted molar refractivity (Wildman–Crippen MR) is 149 cm³/mol. The summed E-state index contributed by atoms with van der Waals surface area (Å²) < 4.78 is 31.2. The minimum atomic E-state index is -1.24. The summed E-state index contributed by atoms with van der Waals surface area (Å²) in [6, 6.07) is 20.0. The van der Waals surface area contributed by atoms with Crippen LogP contribution in [0.4, 0.5) is 0 Å². The van der Waals surface area contributed by atoms with Gasteiger partial charge in [0, 0.05) is 32.0 Å². The molecule has 214 valence electrons. The largest absolute Gasteiger partial charge is 0.495 e. The Morgan fingerprint density at radius 1 is 0.923 bits per heavy atom. The van der Waals surface area contributed by atoms with Gasteiger partial charge in [-0.3, -0.25) is 0 Å². The Balaban J connectivity index is 1.43. The van der Waals surface area contributed by atoms with Gasteiger partial charge in [0.05, 0.1) is 37.8 Å². The summed E-state index contributed by atoms with van der Waals surface area (Å²) in [5.74, 6) is -1.56. The highest BCUT2D eigenvalue weighted by Gasteiger charge is 2.55. The molecule has 2 aliphatic heterocycles. The summed E-state index contributed by atoms with van der Waals surface area (Å²) in [7, 11) is 1.59. The van der Waals surface area contributed by atoms with E-state index in [2.05, 4.69) is 12.1 Å². The highest BCUT2D eigenvalue weighted by Crippen LogP contribution is 2.42. The molecule has 2 N–H and O–H groups in total. The van der Waals surface area contributed by atoms with E-state index in [0.717, 1.165) is 30.4 Å². The van der Waals surface area contributed by atoms with Crippen LogP contribution in [0.2, 0.25) is 0 Å². The maximum absolute atomic E-state index is 11.2. The Kier molecular flexibility index (Phi) is 11.0. The molecule has 7 heteroatoms. The molecular formula is C32H44O7. The van der Waals surface area contributed by atoms with Crippen molar-refractivity contribution in [3.8, 4) is 0 Å². The molecular weight excluding hydrogens is 496 g/mol. The number of aliphatic hydroxyl groups excluding tert-OH is 2. The zero-order chi connectivity index (χ0) is 27.7. The summed E-state index contributed by atoms with van der Waals surface area (Å²) in [6.45, 7) is 5.53. The zero-order valence-corrected chi connectivity index (χ0v) is 23.4. The molecule has 7 nitrogen and oxygen atoms in total. The van der Waals surface area contributed by atoms with E-state index >= 15 is 0 Å². The van der Waals surface area contributed by atoms with Gasteiger partial charge in [-0.15, -0.1) is 0 Å². The van der Waals surface area contributed by atoms with Gasteiger partial charge in [0.25, 0.3) is 0 Å². The minimum absolute atomic E-state index is 0.0662. The first-order valence-electron chi connectivity index (χ1n) is 14.1. The molecule has 39 heavy (non-hydrogen) atoms. The molecule has 2 aromatic carbocycles. The quantitative estimate of drug-likeness (QED) is 0.346. The van der Waals surface area contributed by atoms with Crippen LogP contribution in [-0.2, 0) is 36.9 Å². The molecule has 1 saturated heterocycles. The lowest BCUT2D eigenvalue weighted by Gasteiger charge is -2.51. The fraction of sp³-hybridized carbons (Fsp3) is 0.562. The van der Waals surface area contributed by atoms with Gasteiger partial charge in [-0.1, -0.05) is 74.5 Å². The van der Waals surface area contributed by atoms with Gasteiger partial charge < -0.3 is 33.9 Å². The fourth-order valence-electron chi connectivity index (χ4n) is 5.49. The Labute approximate surface area is 232 Å². The van der Waals surface area contributed by atoms with E-state index < -0.39 is 30.2 Å². The van der Waals surface area contributed by atoms with Crippen LogP contribution in [0.1, 0.15) is 50.7 Å². The summed E-state index contributed by atoms with van der Waals surface area (Å²) in [5, 5.41) is 21.8. The van der Waals surface area contributed by atoms with Crippen molar-refractivity contribution < 1.29 is 33.9 Å². The second-order valence-corrected chi connectivity index (χ2v) is 10.8. The first-order valence-corrected chi connectivity index (χ1v) is 14.1. The second-order valence-electron chi connectivity index (χ2n) is 10.8. The van der Waals surface area contributed by atoms with E-state index in [9.17, 15) is 10.2 Å². The van der Waals surface area contributed by atoms with E-state index in [0.29, 0.717) is 19.8 Å². The van der Waals surface area contributed by atoms with Crippen LogP contribution in [0.5, 0.6) is 0 Å². The topological polar surface area (TPSA) is 86.6 Å². The van der Waals surface area contributed by atoms with Gasteiger partial charge >= 0.3 is 0 Å². The number of rotatable bonds is 13. The Hall–Kier alpha value is -2.26. The summed E-state index contributed by atoms with van der Waals surface area (Å²) in [5.41, 5.74) is 2.17. The van der Waals surface area contributed by atoms with Crippen LogP contribution in [-0.4, -0.2) is 60.2 Å². The number of ether oxygens (including phenoxy) is 5. The molecule has 0 aliphatic carbocycles. The maximum Gasteiger partial charge on any atom is 0.200 e. The maximum atomic E-state index is 11.2. The van der Waals surface area contributed by atoms with Crippen molar-refractivity contribution in [2.24, 2.45) is 11.8 Å². The summed E-state index contributed by atoms with van der Waals surface area (Å²) in [6.07, 6.45) is 3.18. The molecule has 0 unspecified atom stereocenters. The van der Waals surface area contributed by atoms with Gasteiger partial charge in [0.15, 0.2) is 0 Å². The van der Waals surface area contributed by atoms with Crippen molar-refractivity contribution in [3.63, 3.8) is 0 Å². The average Bonchev–Trinajstić information content (AvgIpc) is 2.96. The molecule has 0 radical (unpaired) electrons. The van der Waals surface area contributed by atoms with Crippen LogP contribution in [0.25, 0.3) is 0 Å². The van der Waals surface area contributed by atoms with Crippen molar-refractivity contribution in [3.05, 3.63) is 84.1 Å². The van der Waals surface area contributed by atoms with E-state index in [4.69, 9.17) is 23.7 Å². The van der Waals surface area contributed by atoms with Crippen molar-refractivity contribution in [1.29, 1.82) is 0 Å². The zero-order valence-electron chi connectivity index (χ0n) is 23.4. The Bertz CT molecular complexity index is 1000. The van der Waals surface area contributed by atoms with Crippen molar-refractivity contribution in [2.45, 2.75) is 89.1 Å². The molecule has 0 spiro atoms. The molecule has 0 bridgehead atoms. The molecule has 2 heterocycles. The van der Waals surface area contributed by atoms with Crippen molar-refractivity contribution in [2.75, 3.05) is 13.7 Å². The van der Waals surface area contributed by atoms with E-state index in [-0.39, 0.29) is 24.4 Å². The normalized spacial score (nSPS) is 31.5. The third-order valence-electron chi connectivity index (χ3n) is 8.09. The summed E-state index contributed by atoms with van der Waals surface area (Å²) in [4.78, 5) is 0. The molecule has 1 fully saturated rings. The Morgan fingerprint density at radius 3 is 2.26 bits per heavy atom. The van der Waals surface area contributed by atoms with Crippen molar-refractivity contribution >= 4 is 0 Å². The molecule has 8 atom stereocenters. The van der Waals surface area contributed by atoms with Crippen LogP contribution in [0, 0.1) is 11.8 Å². The monoisotopic (exact) mass is 540 g/mol. The van der Waals surface area contributed by atoms with Crippen molar-refractivity contribution in [1.82, 2.24) is 0 Å². The third-order valence-corrected chi connectivity index (χ3v) is 8.09. The number of methoxy groups -OCH3 is 1. The molecule has 0 amide bonds. The summed E-state index contributed by atoms with van der Waals surface area (Å²) >= 11 is 0. The van der Waals surface area contributed by atoms with Crippen LogP contribution in [0.15, 0.2) is 73.0 Å². The number of hydrogen-bond donors (Lipinski definition) is 2. The number of aliphatic hydroxyl groups is 2.